The predicted octanol–water partition coefficient (Wildman–Crippen LogP) is 3.31. The van der Waals surface area contributed by atoms with Gasteiger partial charge in [0.05, 0.1) is 18.7 Å². The Kier molecular flexibility index (Phi) is 7.10. The van der Waals surface area contributed by atoms with Crippen molar-refractivity contribution in [1.82, 2.24) is 0 Å². The molecule has 0 fully saturated rings. The van der Waals surface area contributed by atoms with Gasteiger partial charge in [0.25, 0.3) is 0 Å². The summed E-state index contributed by atoms with van der Waals surface area (Å²) in [5.74, 6) is -0.202. The second-order valence-corrected chi connectivity index (χ2v) is 6.04. The first-order chi connectivity index (χ1) is 12.1. The lowest BCUT2D eigenvalue weighted by molar-refractivity contribution is -0.118. The predicted molar refractivity (Wildman–Crippen MR) is 102 cm³/mol. The van der Waals surface area contributed by atoms with E-state index in [4.69, 9.17) is 10.5 Å². The molecule has 3 N–H and O–H groups in total. The quantitative estimate of drug-likeness (QED) is 0.562. The van der Waals surface area contributed by atoms with Crippen molar-refractivity contribution in [3.63, 3.8) is 0 Å². The average Bonchev–Trinajstić information content (AvgIpc) is 2.61. The van der Waals surface area contributed by atoms with Crippen LogP contribution in [0.3, 0.4) is 0 Å². The molecule has 0 saturated heterocycles. The fraction of sp³-hybridized carbons (Fsp3) is 0.158. The van der Waals surface area contributed by atoms with Crippen LogP contribution >= 0.6 is 11.8 Å². The minimum Gasteiger partial charge on any atom is -0.491 e. The maximum Gasteiger partial charge on any atom is 0.248 e. The number of carbonyl (C=O) groups is 2. The normalized spacial score (nSPS) is 10.6. The summed E-state index contributed by atoms with van der Waals surface area (Å²) in [6.07, 6.45) is 5.35. The number of benzene rings is 2. The van der Waals surface area contributed by atoms with E-state index in [9.17, 15) is 9.59 Å². The summed E-state index contributed by atoms with van der Waals surface area (Å²) in [5.41, 5.74) is 6.57. The molecular formula is C19H20N2O3S. The Morgan fingerprint density at radius 1 is 1.16 bits per heavy atom. The van der Waals surface area contributed by atoms with Crippen LogP contribution in [0.1, 0.15) is 12.0 Å². The maximum atomic E-state index is 12.1. The Morgan fingerprint density at radius 2 is 1.88 bits per heavy atom. The van der Waals surface area contributed by atoms with Crippen LogP contribution in [-0.2, 0) is 9.59 Å². The Hall–Kier alpha value is -2.73. The molecule has 2 aromatic rings. The van der Waals surface area contributed by atoms with Crippen LogP contribution in [0.15, 0.2) is 59.5 Å². The summed E-state index contributed by atoms with van der Waals surface area (Å²) in [5, 5.41) is 2.77. The summed E-state index contributed by atoms with van der Waals surface area (Å²) in [7, 11) is 0. The first-order valence-corrected chi connectivity index (χ1v) is 8.94. The van der Waals surface area contributed by atoms with Crippen molar-refractivity contribution in [3.8, 4) is 5.75 Å². The summed E-state index contributed by atoms with van der Waals surface area (Å²) < 4.78 is 5.50. The van der Waals surface area contributed by atoms with Crippen LogP contribution < -0.4 is 15.8 Å². The van der Waals surface area contributed by atoms with Gasteiger partial charge in [-0.2, -0.15) is 0 Å². The van der Waals surface area contributed by atoms with Gasteiger partial charge in [0.15, 0.2) is 0 Å². The molecule has 0 atom stereocenters. The van der Waals surface area contributed by atoms with E-state index < -0.39 is 5.91 Å². The van der Waals surface area contributed by atoms with Crippen molar-refractivity contribution in [2.24, 2.45) is 5.73 Å². The molecule has 25 heavy (non-hydrogen) atoms. The third-order valence-electron chi connectivity index (χ3n) is 3.29. The van der Waals surface area contributed by atoms with E-state index in [2.05, 4.69) is 5.32 Å². The Balaban J connectivity index is 1.97. The van der Waals surface area contributed by atoms with Gasteiger partial charge in [0.2, 0.25) is 11.8 Å². The molecule has 6 heteroatoms. The van der Waals surface area contributed by atoms with Gasteiger partial charge in [-0.05, 0) is 42.2 Å². The number of ether oxygens (including phenoxy) is 1. The molecule has 0 aromatic heterocycles. The molecule has 0 aliphatic rings. The summed E-state index contributed by atoms with van der Waals surface area (Å²) in [6.45, 7) is 0.167. The second-order valence-electron chi connectivity index (χ2n) is 5.16. The molecule has 0 radical (unpaired) electrons. The highest BCUT2D eigenvalue weighted by molar-refractivity contribution is 7.98. The lowest BCUT2D eigenvalue weighted by Gasteiger charge is -2.10. The number of nitrogens with one attached hydrogen (secondary N) is 1. The van der Waals surface area contributed by atoms with Gasteiger partial charge in [-0.1, -0.05) is 24.3 Å². The van der Waals surface area contributed by atoms with Crippen molar-refractivity contribution in [2.75, 3.05) is 18.2 Å². The largest absolute Gasteiger partial charge is 0.491 e. The Bertz CT molecular complexity index is 758. The molecule has 2 rings (SSSR count). The fourth-order valence-electron chi connectivity index (χ4n) is 2.02. The van der Waals surface area contributed by atoms with E-state index in [1.54, 1.807) is 42.1 Å². The highest BCUT2D eigenvalue weighted by Crippen LogP contribution is 2.24. The lowest BCUT2D eigenvalue weighted by atomic mass is 10.2. The number of rotatable bonds is 8. The van der Waals surface area contributed by atoms with Gasteiger partial charge >= 0.3 is 0 Å². The van der Waals surface area contributed by atoms with Crippen molar-refractivity contribution in [1.29, 1.82) is 0 Å². The fourth-order valence-corrected chi connectivity index (χ4v) is 2.43. The standard InChI is InChI=1S/C19H20N2O3S/c1-25-15-9-6-14(7-10-15)8-11-19(23)21-16-4-2-3-5-17(16)24-13-12-18(20)22/h2-11H,12-13H2,1H3,(H2,20,22)(H,21,23)/b11-8+. The van der Waals surface area contributed by atoms with Gasteiger partial charge in [0, 0.05) is 11.0 Å². The zero-order valence-electron chi connectivity index (χ0n) is 13.9. The van der Waals surface area contributed by atoms with Crippen LogP contribution in [0.25, 0.3) is 6.08 Å². The topological polar surface area (TPSA) is 81.4 Å². The minimum atomic E-state index is -0.433. The Labute approximate surface area is 151 Å². The SMILES string of the molecule is CSc1ccc(/C=C/C(=O)Nc2ccccc2OCCC(N)=O)cc1. The Morgan fingerprint density at radius 3 is 2.56 bits per heavy atom. The van der Waals surface area contributed by atoms with Crippen molar-refractivity contribution in [2.45, 2.75) is 11.3 Å². The highest BCUT2D eigenvalue weighted by Gasteiger charge is 2.06. The lowest BCUT2D eigenvalue weighted by Crippen LogP contribution is -2.15. The molecule has 0 heterocycles. The van der Waals surface area contributed by atoms with Crippen LogP contribution in [0.2, 0.25) is 0 Å². The van der Waals surface area contributed by atoms with Gasteiger partial charge < -0.3 is 15.8 Å². The van der Waals surface area contributed by atoms with E-state index >= 15 is 0 Å². The van der Waals surface area contributed by atoms with E-state index in [0.717, 1.165) is 5.56 Å². The number of carbonyl (C=O) groups excluding carboxylic acids is 2. The van der Waals surface area contributed by atoms with Crippen molar-refractivity contribution >= 4 is 35.3 Å². The number of nitrogens with two attached hydrogens (primary N) is 1. The molecule has 0 aliphatic carbocycles. The first kappa shape index (κ1) is 18.6. The zero-order chi connectivity index (χ0) is 18.1. The number of para-hydroxylation sites is 2. The highest BCUT2D eigenvalue weighted by atomic mass is 32.2. The third-order valence-corrected chi connectivity index (χ3v) is 4.04. The molecule has 5 nitrogen and oxygen atoms in total. The van der Waals surface area contributed by atoms with E-state index in [0.29, 0.717) is 11.4 Å². The number of hydrogen-bond acceptors (Lipinski definition) is 4. The van der Waals surface area contributed by atoms with Gasteiger partial charge in [-0.25, -0.2) is 0 Å². The summed E-state index contributed by atoms with van der Waals surface area (Å²) in [4.78, 5) is 24.1. The minimum absolute atomic E-state index is 0.119. The van der Waals surface area contributed by atoms with Gasteiger partial charge in [-0.3, -0.25) is 9.59 Å². The maximum absolute atomic E-state index is 12.1. The zero-order valence-corrected chi connectivity index (χ0v) is 14.7. The number of primary amides is 1. The summed E-state index contributed by atoms with van der Waals surface area (Å²) in [6, 6.07) is 15.0. The molecule has 2 aromatic carbocycles. The monoisotopic (exact) mass is 356 g/mol. The van der Waals surface area contributed by atoms with Crippen LogP contribution in [0, 0.1) is 0 Å². The van der Waals surface area contributed by atoms with E-state index in [-0.39, 0.29) is 18.9 Å². The molecule has 0 aliphatic heterocycles. The number of anilines is 1. The molecule has 0 bridgehead atoms. The molecule has 130 valence electrons. The average molecular weight is 356 g/mol. The van der Waals surface area contributed by atoms with E-state index in [1.165, 1.54) is 11.0 Å². The molecule has 2 amide bonds. The van der Waals surface area contributed by atoms with E-state index in [1.807, 2.05) is 30.5 Å². The second kappa shape index (κ2) is 9.54. The molecule has 0 saturated carbocycles. The number of hydrogen-bond donors (Lipinski definition) is 2. The molecule has 0 spiro atoms. The number of thioether (sulfide) groups is 1. The van der Waals surface area contributed by atoms with Crippen LogP contribution in [0.5, 0.6) is 5.75 Å². The van der Waals surface area contributed by atoms with Crippen LogP contribution in [-0.4, -0.2) is 24.7 Å². The molecule has 0 unspecified atom stereocenters. The third kappa shape index (κ3) is 6.35. The van der Waals surface area contributed by atoms with Crippen molar-refractivity contribution < 1.29 is 14.3 Å². The van der Waals surface area contributed by atoms with Crippen molar-refractivity contribution in [3.05, 3.63) is 60.2 Å². The number of amides is 2. The van der Waals surface area contributed by atoms with Gasteiger partial charge in [0.1, 0.15) is 5.75 Å². The molecular weight excluding hydrogens is 336 g/mol. The first-order valence-electron chi connectivity index (χ1n) is 7.72. The smallest absolute Gasteiger partial charge is 0.248 e. The van der Waals surface area contributed by atoms with Gasteiger partial charge in [-0.15, -0.1) is 11.8 Å². The van der Waals surface area contributed by atoms with Crippen LogP contribution in [0.4, 0.5) is 5.69 Å². The summed E-state index contributed by atoms with van der Waals surface area (Å²) >= 11 is 1.67.